The molecule has 0 saturated heterocycles. The second kappa shape index (κ2) is 10.5. The highest BCUT2D eigenvalue weighted by Crippen LogP contribution is 2.49. The van der Waals surface area contributed by atoms with Crippen LogP contribution in [0, 0.1) is 5.92 Å². The Balaban J connectivity index is 1.76. The van der Waals surface area contributed by atoms with E-state index in [9.17, 15) is 10.2 Å². The van der Waals surface area contributed by atoms with Crippen molar-refractivity contribution >= 4 is 10.8 Å². The molecule has 4 aromatic carbocycles. The summed E-state index contributed by atoms with van der Waals surface area (Å²) in [6.07, 6.45) is 10.0. The summed E-state index contributed by atoms with van der Waals surface area (Å²) in [5.74, 6) is 1.04. The number of fused-ring (bicyclic) bond motifs is 1. The van der Waals surface area contributed by atoms with Crippen LogP contribution >= 0.6 is 0 Å². The van der Waals surface area contributed by atoms with Gasteiger partial charge in [-0.3, -0.25) is 0 Å². The van der Waals surface area contributed by atoms with Crippen molar-refractivity contribution in [1.29, 1.82) is 0 Å². The highest BCUT2D eigenvalue weighted by molar-refractivity contribution is 5.90. The van der Waals surface area contributed by atoms with E-state index in [0.717, 1.165) is 44.3 Å². The van der Waals surface area contributed by atoms with Crippen LogP contribution in [0.1, 0.15) is 24.5 Å². The predicted octanol–water partition coefficient (Wildman–Crippen LogP) is 8.66. The SMILES string of the molecule is C=C1/C=C\C(O)=C/CC(C(C)(c2ccc(-c3ccccc3)cc2)c2c(O)ccc3ccc(OC)cc23)/C=C\1. The highest BCUT2D eigenvalue weighted by Gasteiger charge is 2.39. The Morgan fingerprint density at radius 2 is 1.55 bits per heavy atom. The lowest BCUT2D eigenvalue weighted by Crippen LogP contribution is -2.33. The number of aliphatic hydroxyl groups excluding tert-OH is 1. The molecule has 1 aliphatic carbocycles. The molecule has 2 unspecified atom stereocenters. The lowest BCUT2D eigenvalue weighted by Gasteiger charge is -2.39. The van der Waals surface area contributed by atoms with Gasteiger partial charge >= 0.3 is 0 Å². The zero-order valence-electron chi connectivity index (χ0n) is 21.8. The van der Waals surface area contributed by atoms with Crippen molar-refractivity contribution in [3.05, 3.63) is 144 Å². The van der Waals surface area contributed by atoms with Crippen molar-refractivity contribution < 1.29 is 14.9 Å². The molecule has 0 amide bonds. The summed E-state index contributed by atoms with van der Waals surface area (Å²) < 4.78 is 5.57. The van der Waals surface area contributed by atoms with Crippen LogP contribution in [0.15, 0.2) is 133 Å². The molecular formula is C35H32O3. The van der Waals surface area contributed by atoms with Gasteiger partial charge in [0, 0.05) is 11.0 Å². The zero-order valence-corrected chi connectivity index (χ0v) is 21.8. The van der Waals surface area contributed by atoms with Gasteiger partial charge in [0.15, 0.2) is 0 Å². The number of methoxy groups -OCH3 is 1. The molecule has 0 aromatic heterocycles. The summed E-state index contributed by atoms with van der Waals surface area (Å²) >= 11 is 0. The number of hydrogen-bond acceptors (Lipinski definition) is 3. The molecule has 1 aliphatic rings. The number of benzene rings is 4. The molecule has 5 rings (SSSR count). The normalized spacial score (nSPS) is 20.3. The Labute approximate surface area is 224 Å². The van der Waals surface area contributed by atoms with Crippen molar-refractivity contribution in [2.45, 2.75) is 18.8 Å². The Bertz CT molecular complexity index is 1550. The third-order valence-corrected chi connectivity index (χ3v) is 7.65. The molecule has 0 bridgehead atoms. The first-order valence-corrected chi connectivity index (χ1v) is 12.8. The smallest absolute Gasteiger partial charge is 0.120 e. The number of ether oxygens (including phenoxy) is 1. The van der Waals surface area contributed by atoms with Gasteiger partial charge in [0.1, 0.15) is 17.3 Å². The van der Waals surface area contributed by atoms with E-state index in [1.54, 1.807) is 25.3 Å². The summed E-state index contributed by atoms with van der Waals surface area (Å²) in [4.78, 5) is 0. The van der Waals surface area contributed by atoms with Gasteiger partial charge in [-0.2, -0.15) is 0 Å². The van der Waals surface area contributed by atoms with Crippen LogP contribution in [-0.2, 0) is 5.41 Å². The minimum atomic E-state index is -0.664. The minimum absolute atomic E-state index is 0.105. The Morgan fingerprint density at radius 3 is 2.29 bits per heavy atom. The van der Waals surface area contributed by atoms with Crippen molar-refractivity contribution in [3.8, 4) is 22.6 Å². The Morgan fingerprint density at radius 1 is 0.842 bits per heavy atom. The van der Waals surface area contributed by atoms with Crippen LogP contribution in [0.4, 0.5) is 0 Å². The van der Waals surface area contributed by atoms with E-state index in [1.165, 1.54) is 0 Å². The minimum Gasteiger partial charge on any atom is -0.508 e. The van der Waals surface area contributed by atoms with E-state index < -0.39 is 5.41 Å². The number of hydrogen-bond donors (Lipinski definition) is 2. The van der Waals surface area contributed by atoms with Gasteiger partial charge in [0.2, 0.25) is 0 Å². The molecule has 38 heavy (non-hydrogen) atoms. The van der Waals surface area contributed by atoms with Gasteiger partial charge in [-0.1, -0.05) is 98.5 Å². The van der Waals surface area contributed by atoms with E-state index in [4.69, 9.17) is 4.74 Å². The van der Waals surface area contributed by atoms with E-state index in [-0.39, 0.29) is 17.4 Å². The average molecular weight is 501 g/mol. The largest absolute Gasteiger partial charge is 0.508 e. The molecule has 0 fully saturated rings. The molecule has 4 aromatic rings. The summed E-state index contributed by atoms with van der Waals surface area (Å²) in [5.41, 5.74) is 4.28. The average Bonchev–Trinajstić information content (AvgIpc) is 3.03. The number of allylic oxidation sites excluding steroid dienone is 6. The van der Waals surface area contributed by atoms with Crippen molar-refractivity contribution in [1.82, 2.24) is 0 Å². The number of aliphatic hydroxyl groups is 1. The zero-order chi connectivity index (χ0) is 26.7. The van der Waals surface area contributed by atoms with Crippen LogP contribution in [0.3, 0.4) is 0 Å². The van der Waals surface area contributed by atoms with E-state index in [2.05, 4.69) is 56.0 Å². The second-order valence-electron chi connectivity index (χ2n) is 9.93. The predicted molar refractivity (Wildman–Crippen MR) is 157 cm³/mol. The van der Waals surface area contributed by atoms with E-state index in [1.807, 2.05) is 54.6 Å². The lowest BCUT2D eigenvalue weighted by molar-refractivity contribution is 0.383. The fraction of sp³-hybridized carbons (Fsp3) is 0.143. The molecule has 3 nitrogen and oxygen atoms in total. The van der Waals surface area contributed by atoms with Crippen LogP contribution < -0.4 is 4.74 Å². The maximum atomic E-state index is 11.5. The summed E-state index contributed by atoms with van der Waals surface area (Å²) in [6.45, 7) is 6.28. The number of phenolic OH excluding ortho intramolecular Hbond substituents is 1. The summed E-state index contributed by atoms with van der Waals surface area (Å²) in [5, 5.41) is 23.9. The quantitative estimate of drug-likeness (QED) is 0.288. The maximum absolute atomic E-state index is 11.5. The van der Waals surface area contributed by atoms with Gasteiger partial charge in [0.05, 0.1) is 7.11 Å². The fourth-order valence-corrected chi connectivity index (χ4v) is 5.45. The molecule has 0 spiro atoms. The first-order valence-electron chi connectivity index (χ1n) is 12.8. The van der Waals surface area contributed by atoms with Gasteiger partial charge in [0.25, 0.3) is 0 Å². The number of aromatic hydroxyl groups is 1. The maximum Gasteiger partial charge on any atom is 0.120 e. The van der Waals surface area contributed by atoms with Gasteiger partial charge in [-0.25, -0.2) is 0 Å². The van der Waals surface area contributed by atoms with E-state index in [0.29, 0.717) is 6.42 Å². The molecule has 3 heteroatoms. The van der Waals surface area contributed by atoms with Gasteiger partial charge in [-0.15, -0.1) is 0 Å². The highest BCUT2D eigenvalue weighted by atomic mass is 16.5. The molecule has 2 N–H and O–H groups in total. The lowest BCUT2D eigenvalue weighted by atomic mass is 9.64. The fourth-order valence-electron chi connectivity index (χ4n) is 5.45. The van der Waals surface area contributed by atoms with Crippen molar-refractivity contribution in [2.24, 2.45) is 5.92 Å². The van der Waals surface area contributed by atoms with Crippen LogP contribution in [0.25, 0.3) is 21.9 Å². The van der Waals surface area contributed by atoms with Crippen LogP contribution in [0.5, 0.6) is 11.5 Å². The van der Waals surface area contributed by atoms with Crippen molar-refractivity contribution in [2.75, 3.05) is 7.11 Å². The molecule has 0 heterocycles. The third kappa shape index (κ3) is 4.76. The van der Waals surface area contributed by atoms with Gasteiger partial charge < -0.3 is 14.9 Å². The molecule has 190 valence electrons. The molecular weight excluding hydrogens is 468 g/mol. The van der Waals surface area contributed by atoms with Gasteiger partial charge in [-0.05, 0) is 75.7 Å². The van der Waals surface area contributed by atoms with E-state index >= 15 is 0 Å². The topological polar surface area (TPSA) is 49.7 Å². The Hall–Kier alpha value is -4.50. The summed E-state index contributed by atoms with van der Waals surface area (Å²) in [6, 6.07) is 28.5. The third-order valence-electron chi connectivity index (χ3n) is 7.65. The number of rotatable bonds is 5. The van der Waals surface area contributed by atoms with Crippen molar-refractivity contribution in [3.63, 3.8) is 0 Å². The Kier molecular flexibility index (Phi) is 6.93. The molecule has 0 saturated carbocycles. The van der Waals surface area contributed by atoms with Crippen LogP contribution in [0.2, 0.25) is 0 Å². The van der Waals surface area contributed by atoms with Crippen LogP contribution in [-0.4, -0.2) is 17.3 Å². The summed E-state index contributed by atoms with van der Waals surface area (Å²) in [7, 11) is 1.65. The molecule has 0 radical (unpaired) electrons. The second-order valence-corrected chi connectivity index (χ2v) is 9.93. The number of phenols is 1. The monoisotopic (exact) mass is 500 g/mol. The first kappa shape index (κ1) is 25.2. The first-order chi connectivity index (χ1) is 18.4. The molecule has 0 aliphatic heterocycles. The standard InChI is InChI=1S/C35H32O3/c1-24-9-15-28(18-20-30(36)19-10-24)35(2,29-16-11-26(12-17-29)25-7-5-4-6-8-25)34-32-23-31(38-3)21-13-27(32)14-22-33(34)37/h4-17,19-23,28,36-37H,1,18H2,2-3H3/b15-9-,19-10-,30-20+. The molecule has 2 atom stereocenters.